The maximum atomic E-state index is 5.97. The molecule has 0 amide bonds. The maximum absolute atomic E-state index is 5.97. The summed E-state index contributed by atoms with van der Waals surface area (Å²) in [5.74, 6) is 0. The van der Waals surface area contributed by atoms with E-state index in [2.05, 4.69) is 23.3 Å². The first kappa shape index (κ1) is 16.4. The zero-order chi connectivity index (χ0) is 13.9. The highest BCUT2D eigenvalue weighted by Crippen LogP contribution is 2.11. The van der Waals surface area contributed by atoms with E-state index in [0.29, 0.717) is 0 Å². The van der Waals surface area contributed by atoms with Crippen molar-refractivity contribution >= 4 is 11.6 Å². The van der Waals surface area contributed by atoms with Gasteiger partial charge in [0.25, 0.3) is 0 Å². The second-order valence-electron chi connectivity index (χ2n) is 4.67. The smallest absolute Gasteiger partial charge is 0.0477 e. The van der Waals surface area contributed by atoms with Gasteiger partial charge in [-0.05, 0) is 44.6 Å². The maximum Gasteiger partial charge on any atom is 0.0477 e. The van der Waals surface area contributed by atoms with Crippen LogP contribution in [0.25, 0.3) is 0 Å². The molecule has 108 valence electrons. The van der Waals surface area contributed by atoms with Crippen molar-refractivity contribution in [1.82, 2.24) is 10.2 Å². The average Bonchev–Trinajstić information content (AvgIpc) is 2.37. The Labute approximate surface area is 121 Å². The Morgan fingerprint density at radius 2 is 2.16 bits per heavy atom. The van der Waals surface area contributed by atoms with E-state index >= 15 is 0 Å². The van der Waals surface area contributed by atoms with Crippen molar-refractivity contribution < 1.29 is 4.74 Å². The SMILES string of the molecule is CCOCCCNCCN(C)Cc1cccc(Cl)c1. The number of rotatable bonds is 10. The van der Waals surface area contributed by atoms with Crippen LogP contribution < -0.4 is 5.32 Å². The first-order valence-corrected chi connectivity index (χ1v) is 7.31. The highest BCUT2D eigenvalue weighted by atomic mass is 35.5. The van der Waals surface area contributed by atoms with Crippen molar-refractivity contribution in [2.45, 2.75) is 19.9 Å². The van der Waals surface area contributed by atoms with E-state index in [1.807, 2.05) is 25.1 Å². The van der Waals surface area contributed by atoms with Crippen LogP contribution in [0.2, 0.25) is 5.02 Å². The summed E-state index contributed by atoms with van der Waals surface area (Å²) < 4.78 is 5.29. The van der Waals surface area contributed by atoms with Gasteiger partial charge in [0, 0.05) is 37.9 Å². The monoisotopic (exact) mass is 284 g/mol. The summed E-state index contributed by atoms with van der Waals surface area (Å²) in [5, 5.41) is 4.23. The summed E-state index contributed by atoms with van der Waals surface area (Å²) >= 11 is 5.97. The number of nitrogens with zero attached hydrogens (tertiary/aromatic N) is 1. The van der Waals surface area contributed by atoms with Crippen molar-refractivity contribution in [2.24, 2.45) is 0 Å². The normalized spacial score (nSPS) is 11.2. The molecule has 1 aromatic rings. The Balaban J connectivity index is 2.06. The fraction of sp³-hybridized carbons (Fsp3) is 0.600. The van der Waals surface area contributed by atoms with Gasteiger partial charge in [-0.25, -0.2) is 0 Å². The molecule has 1 rings (SSSR count). The third kappa shape index (κ3) is 8.22. The Hall–Kier alpha value is -0.610. The van der Waals surface area contributed by atoms with Gasteiger partial charge < -0.3 is 15.0 Å². The highest BCUT2D eigenvalue weighted by molar-refractivity contribution is 6.30. The van der Waals surface area contributed by atoms with Crippen molar-refractivity contribution in [3.05, 3.63) is 34.9 Å². The van der Waals surface area contributed by atoms with E-state index in [-0.39, 0.29) is 0 Å². The summed E-state index contributed by atoms with van der Waals surface area (Å²) in [7, 11) is 2.13. The molecule has 0 aliphatic heterocycles. The number of hydrogen-bond acceptors (Lipinski definition) is 3. The minimum Gasteiger partial charge on any atom is -0.382 e. The molecule has 0 fully saturated rings. The molecule has 4 heteroatoms. The second kappa shape index (κ2) is 10.2. The summed E-state index contributed by atoms with van der Waals surface area (Å²) in [4.78, 5) is 2.29. The lowest BCUT2D eigenvalue weighted by Gasteiger charge is -2.17. The zero-order valence-electron chi connectivity index (χ0n) is 12.0. The molecule has 3 nitrogen and oxygen atoms in total. The molecular formula is C15H25ClN2O. The molecular weight excluding hydrogens is 260 g/mol. The van der Waals surface area contributed by atoms with Crippen molar-refractivity contribution in [2.75, 3.05) is 39.9 Å². The van der Waals surface area contributed by atoms with Crippen LogP contribution in [0.15, 0.2) is 24.3 Å². The molecule has 0 radical (unpaired) electrons. The lowest BCUT2D eigenvalue weighted by molar-refractivity contribution is 0.144. The predicted octanol–water partition coefficient (Wildman–Crippen LogP) is 2.79. The van der Waals surface area contributed by atoms with E-state index in [1.54, 1.807) is 0 Å². The van der Waals surface area contributed by atoms with Crippen LogP contribution in [-0.2, 0) is 11.3 Å². The molecule has 0 heterocycles. The topological polar surface area (TPSA) is 24.5 Å². The fourth-order valence-corrected chi connectivity index (χ4v) is 2.08. The third-order valence-corrected chi connectivity index (χ3v) is 3.09. The number of ether oxygens (including phenoxy) is 1. The Kier molecular flexibility index (Phi) is 8.84. The van der Waals surface area contributed by atoms with Crippen LogP contribution in [0.4, 0.5) is 0 Å². The van der Waals surface area contributed by atoms with Crippen molar-refractivity contribution in [3.63, 3.8) is 0 Å². The molecule has 0 aromatic heterocycles. The molecule has 0 spiro atoms. The molecule has 0 atom stereocenters. The summed E-state index contributed by atoms with van der Waals surface area (Å²) in [6.07, 6.45) is 1.08. The molecule has 1 N–H and O–H groups in total. The van der Waals surface area contributed by atoms with Gasteiger partial charge in [-0.2, -0.15) is 0 Å². The van der Waals surface area contributed by atoms with Gasteiger partial charge in [0.05, 0.1) is 0 Å². The van der Waals surface area contributed by atoms with E-state index in [1.165, 1.54) is 5.56 Å². The first-order chi connectivity index (χ1) is 9.22. The minimum absolute atomic E-state index is 0.806. The average molecular weight is 285 g/mol. The van der Waals surface area contributed by atoms with E-state index in [0.717, 1.165) is 50.8 Å². The molecule has 0 saturated heterocycles. The second-order valence-corrected chi connectivity index (χ2v) is 5.10. The Bertz CT molecular complexity index is 347. The largest absolute Gasteiger partial charge is 0.382 e. The summed E-state index contributed by atoms with van der Waals surface area (Å²) in [6, 6.07) is 8.04. The van der Waals surface area contributed by atoms with Crippen LogP contribution in [0.3, 0.4) is 0 Å². The summed E-state index contributed by atoms with van der Waals surface area (Å²) in [6.45, 7) is 7.67. The molecule has 0 bridgehead atoms. The van der Waals surface area contributed by atoms with Gasteiger partial charge in [0.2, 0.25) is 0 Å². The minimum atomic E-state index is 0.806. The lowest BCUT2D eigenvalue weighted by Crippen LogP contribution is -2.29. The Morgan fingerprint density at radius 1 is 1.32 bits per heavy atom. The highest BCUT2D eigenvalue weighted by Gasteiger charge is 2.00. The van der Waals surface area contributed by atoms with E-state index in [4.69, 9.17) is 16.3 Å². The van der Waals surface area contributed by atoms with Crippen molar-refractivity contribution in [1.29, 1.82) is 0 Å². The van der Waals surface area contributed by atoms with Crippen LogP contribution in [0.1, 0.15) is 18.9 Å². The van der Waals surface area contributed by atoms with Crippen LogP contribution >= 0.6 is 11.6 Å². The number of hydrogen-bond donors (Lipinski definition) is 1. The van der Waals surface area contributed by atoms with Gasteiger partial charge >= 0.3 is 0 Å². The molecule has 0 saturated carbocycles. The first-order valence-electron chi connectivity index (χ1n) is 6.94. The van der Waals surface area contributed by atoms with Crippen LogP contribution in [0, 0.1) is 0 Å². The molecule has 1 aromatic carbocycles. The molecule has 0 aliphatic rings. The summed E-state index contributed by atoms with van der Waals surface area (Å²) in [5.41, 5.74) is 1.26. The van der Waals surface area contributed by atoms with Gasteiger partial charge in [-0.15, -0.1) is 0 Å². The van der Waals surface area contributed by atoms with Crippen molar-refractivity contribution in [3.8, 4) is 0 Å². The van der Waals surface area contributed by atoms with E-state index < -0.39 is 0 Å². The van der Waals surface area contributed by atoms with E-state index in [9.17, 15) is 0 Å². The predicted molar refractivity (Wildman–Crippen MR) is 81.8 cm³/mol. The van der Waals surface area contributed by atoms with Crippen LogP contribution in [-0.4, -0.2) is 44.8 Å². The lowest BCUT2D eigenvalue weighted by atomic mass is 10.2. The van der Waals surface area contributed by atoms with Crippen LogP contribution in [0.5, 0.6) is 0 Å². The zero-order valence-corrected chi connectivity index (χ0v) is 12.7. The number of nitrogens with one attached hydrogen (secondary N) is 1. The van der Waals surface area contributed by atoms with Gasteiger partial charge in [-0.1, -0.05) is 23.7 Å². The van der Waals surface area contributed by atoms with Gasteiger partial charge in [-0.3, -0.25) is 0 Å². The quantitative estimate of drug-likeness (QED) is 0.669. The number of likely N-dealkylation sites (N-methyl/N-ethyl adjacent to an activating group) is 1. The number of benzene rings is 1. The third-order valence-electron chi connectivity index (χ3n) is 2.86. The molecule has 0 aliphatic carbocycles. The Morgan fingerprint density at radius 3 is 2.89 bits per heavy atom. The number of halogens is 1. The van der Waals surface area contributed by atoms with Gasteiger partial charge in [0.15, 0.2) is 0 Å². The van der Waals surface area contributed by atoms with Gasteiger partial charge in [0.1, 0.15) is 0 Å². The molecule has 0 unspecified atom stereocenters. The fourth-order valence-electron chi connectivity index (χ4n) is 1.86. The molecule has 19 heavy (non-hydrogen) atoms. The standard InChI is InChI=1S/C15H25ClN2O/c1-3-19-11-5-8-17-9-10-18(2)13-14-6-4-7-15(16)12-14/h4,6-7,12,17H,3,5,8-11,13H2,1-2H3.